The fourth-order valence-electron chi connectivity index (χ4n) is 2.69. The molecule has 2 aromatic rings. The summed E-state index contributed by atoms with van der Waals surface area (Å²) in [6.45, 7) is 2.74. The van der Waals surface area contributed by atoms with Crippen molar-refractivity contribution in [3.8, 4) is 0 Å². The Morgan fingerprint density at radius 2 is 1.96 bits per heavy atom. The Morgan fingerprint density at radius 1 is 1.25 bits per heavy atom. The van der Waals surface area contributed by atoms with Gasteiger partial charge in [0.05, 0.1) is 0 Å². The average Bonchev–Trinajstić information content (AvgIpc) is 3.11. The summed E-state index contributed by atoms with van der Waals surface area (Å²) < 4.78 is 5.76. The maximum absolute atomic E-state index is 11.9. The molecule has 3 rings (SSSR count). The van der Waals surface area contributed by atoms with Gasteiger partial charge in [0.1, 0.15) is 11.5 Å². The van der Waals surface area contributed by atoms with Gasteiger partial charge in [-0.05, 0) is 48.2 Å². The van der Waals surface area contributed by atoms with E-state index in [1.807, 2.05) is 55.4 Å². The first-order valence-corrected chi connectivity index (χ1v) is 8.35. The Kier molecular flexibility index (Phi) is 4.74. The molecule has 0 radical (unpaired) electrons. The highest BCUT2D eigenvalue weighted by Crippen LogP contribution is 2.47. The number of anilines is 1. The molecule has 1 fully saturated rings. The van der Waals surface area contributed by atoms with E-state index in [2.05, 4.69) is 12.2 Å². The lowest BCUT2D eigenvalue weighted by Gasteiger charge is -2.12. The van der Waals surface area contributed by atoms with Crippen LogP contribution in [0.25, 0.3) is 6.08 Å². The van der Waals surface area contributed by atoms with Gasteiger partial charge in [0.25, 0.3) is 0 Å². The van der Waals surface area contributed by atoms with Crippen LogP contribution in [0.2, 0.25) is 0 Å². The highest BCUT2D eigenvalue weighted by atomic mass is 16.3. The number of rotatable bonds is 6. The van der Waals surface area contributed by atoms with Gasteiger partial charge in [-0.25, -0.2) is 0 Å². The SMILES string of the molecule is CC1CC1c1ccc(/C=C/C(=O)NCc2ccc(N(C)C)cc2)o1. The molecule has 1 aromatic carbocycles. The summed E-state index contributed by atoms with van der Waals surface area (Å²) in [4.78, 5) is 14.0. The van der Waals surface area contributed by atoms with Gasteiger partial charge >= 0.3 is 0 Å². The first kappa shape index (κ1) is 16.4. The van der Waals surface area contributed by atoms with E-state index in [0.717, 1.165) is 28.7 Å². The third-order valence-electron chi connectivity index (χ3n) is 4.44. The lowest BCUT2D eigenvalue weighted by Crippen LogP contribution is -2.20. The van der Waals surface area contributed by atoms with Crippen molar-refractivity contribution in [2.45, 2.75) is 25.8 Å². The van der Waals surface area contributed by atoms with Crippen molar-refractivity contribution in [1.29, 1.82) is 0 Å². The van der Waals surface area contributed by atoms with Crippen molar-refractivity contribution < 1.29 is 9.21 Å². The molecule has 0 bridgehead atoms. The molecule has 0 aliphatic heterocycles. The number of benzene rings is 1. The van der Waals surface area contributed by atoms with E-state index in [1.54, 1.807) is 6.08 Å². The molecular weight excluding hydrogens is 300 g/mol. The van der Waals surface area contributed by atoms with Crippen LogP contribution >= 0.6 is 0 Å². The zero-order valence-corrected chi connectivity index (χ0v) is 14.5. The number of amides is 1. The van der Waals surface area contributed by atoms with Gasteiger partial charge in [0.2, 0.25) is 5.91 Å². The predicted molar refractivity (Wildman–Crippen MR) is 96.9 cm³/mol. The molecule has 1 aliphatic rings. The number of nitrogens with one attached hydrogen (secondary N) is 1. The second kappa shape index (κ2) is 6.95. The van der Waals surface area contributed by atoms with Crippen LogP contribution in [0.1, 0.15) is 36.3 Å². The van der Waals surface area contributed by atoms with Crippen LogP contribution < -0.4 is 10.2 Å². The maximum atomic E-state index is 11.9. The molecule has 24 heavy (non-hydrogen) atoms. The monoisotopic (exact) mass is 324 g/mol. The normalized spacial score (nSPS) is 19.5. The number of hydrogen-bond acceptors (Lipinski definition) is 3. The fourth-order valence-corrected chi connectivity index (χ4v) is 2.69. The molecule has 2 unspecified atom stereocenters. The number of carbonyl (C=O) groups is 1. The Hall–Kier alpha value is -2.49. The van der Waals surface area contributed by atoms with Gasteiger partial charge in [-0.2, -0.15) is 0 Å². The molecule has 1 heterocycles. The van der Waals surface area contributed by atoms with Crippen LogP contribution in [0, 0.1) is 5.92 Å². The Morgan fingerprint density at radius 3 is 2.58 bits per heavy atom. The second-order valence-corrected chi connectivity index (χ2v) is 6.67. The molecule has 4 heteroatoms. The van der Waals surface area contributed by atoms with Crippen molar-refractivity contribution in [1.82, 2.24) is 5.32 Å². The maximum Gasteiger partial charge on any atom is 0.244 e. The third kappa shape index (κ3) is 4.07. The van der Waals surface area contributed by atoms with Gasteiger partial charge in [-0.3, -0.25) is 4.79 Å². The minimum Gasteiger partial charge on any atom is -0.461 e. The van der Waals surface area contributed by atoms with Crippen molar-refractivity contribution in [2.24, 2.45) is 5.92 Å². The Labute approximate surface area is 143 Å². The van der Waals surface area contributed by atoms with Crippen LogP contribution in [-0.2, 0) is 11.3 Å². The van der Waals surface area contributed by atoms with Gasteiger partial charge < -0.3 is 14.6 Å². The summed E-state index contributed by atoms with van der Waals surface area (Å²) in [5.74, 6) is 2.92. The summed E-state index contributed by atoms with van der Waals surface area (Å²) in [5, 5.41) is 2.89. The van der Waals surface area contributed by atoms with Crippen LogP contribution in [-0.4, -0.2) is 20.0 Å². The van der Waals surface area contributed by atoms with Crippen LogP contribution in [0.3, 0.4) is 0 Å². The number of carbonyl (C=O) groups excluding carboxylic acids is 1. The zero-order valence-electron chi connectivity index (χ0n) is 14.5. The van der Waals surface area contributed by atoms with Crippen molar-refractivity contribution >= 4 is 17.7 Å². The highest BCUT2D eigenvalue weighted by molar-refractivity contribution is 5.91. The van der Waals surface area contributed by atoms with Crippen molar-refractivity contribution in [2.75, 3.05) is 19.0 Å². The number of furan rings is 1. The summed E-state index contributed by atoms with van der Waals surface area (Å²) in [7, 11) is 4.01. The second-order valence-electron chi connectivity index (χ2n) is 6.67. The molecule has 126 valence electrons. The topological polar surface area (TPSA) is 45.5 Å². The summed E-state index contributed by atoms with van der Waals surface area (Å²) in [5.41, 5.74) is 2.22. The first-order chi connectivity index (χ1) is 11.5. The minimum absolute atomic E-state index is 0.121. The standard InChI is InChI=1S/C20H24N2O2/c1-14-12-18(14)19-10-8-17(24-19)9-11-20(23)21-13-15-4-6-16(7-5-15)22(2)3/h4-11,14,18H,12-13H2,1-3H3,(H,21,23)/b11-9+. The number of nitrogens with zero attached hydrogens (tertiary/aromatic N) is 1. The van der Waals surface area contributed by atoms with E-state index in [9.17, 15) is 4.79 Å². The van der Waals surface area contributed by atoms with E-state index in [4.69, 9.17) is 4.42 Å². The molecule has 2 atom stereocenters. The number of hydrogen-bond donors (Lipinski definition) is 1. The summed E-state index contributed by atoms with van der Waals surface area (Å²) in [6.07, 6.45) is 4.44. The average molecular weight is 324 g/mol. The predicted octanol–water partition coefficient (Wildman–Crippen LogP) is 3.80. The van der Waals surface area contributed by atoms with E-state index in [-0.39, 0.29) is 5.91 Å². The lowest BCUT2D eigenvalue weighted by molar-refractivity contribution is -0.116. The largest absolute Gasteiger partial charge is 0.461 e. The molecule has 1 aliphatic carbocycles. The van der Waals surface area contributed by atoms with E-state index in [1.165, 1.54) is 12.5 Å². The summed E-state index contributed by atoms with van der Waals surface area (Å²) >= 11 is 0. The van der Waals surface area contributed by atoms with Gasteiger partial charge in [0, 0.05) is 38.3 Å². The third-order valence-corrected chi connectivity index (χ3v) is 4.44. The molecule has 1 saturated carbocycles. The smallest absolute Gasteiger partial charge is 0.244 e. The molecular formula is C20H24N2O2. The van der Waals surface area contributed by atoms with Gasteiger partial charge in [0.15, 0.2) is 0 Å². The van der Waals surface area contributed by atoms with E-state index >= 15 is 0 Å². The molecule has 4 nitrogen and oxygen atoms in total. The van der Waals surface area contributed by atoms with Crippen molar-refractivity contribution in [3.63, 3.8) is 0 Å². The lowest BCUT2D eigenvalue weighted by atomic mass is 10.2. The zero-order chi connectivity index (χ0) is 17.1. The highest BCUT2D eigenvalue weighted by Gasteiger charge is 2.36. The van der Waals surface area contributed by atoms with Crippen LogP contribution in [0.5, 0.6) is 0 Å². The van der Waals surface area contributed by atoms with Gasteiger partial charge in [-0.15, -0.1) is 0 Å². The van der Waals surface area contributed by atoms with Crippen molar-refractivity contribution in [3.05, 3.63) is 59.6 Å². The Bertz CT molecular complexity index is 728. The summed E-state index contributed by atoms with van der Waals surface area (Å²) in [6, 6.07) is 12.1. The molecule has 1 aromatic heterocycles. The van der Waals surface area contributed by atoms with Crippen LogP contribution in [0.15, 0.2) is 46.9 Å². The molecule has 1 amide bonds. The Balaban J connectivity index is 1.49. The molecule has 0 spiro atoms. The minimum atomic E-state index is -0.121. The van der Waals surface area contributed by atoms with Crippen LogP contribution in [0.4, 0.5) is 5.69 Å². The molecule has 0 saturated heterocycles. The van der Waals surface area contributed by atoms with Gasteiger partial charge in [-0.1, -0.05) is 19.1 Å². The van der Waals surface area contributed by atoms with E-state index in [0.29, 0.717) is 12.5 Å². The van der Waals surface area contributed by atoms with E-state index < -0.39 is 0 Å². The first-order valence-electron chi connectivity index (χ1n) is 8.35. The quantitative estimate of drug-likeness (QED) is 0.822. The molecule has 1 N–H and O–H groups in total. The fraction of sp³-hybridized carbons (Fsp3) is 0.350.